The molecule has 1 N–H and O–H groups in total. The van der Waals surface area contributed by atoms with Crippen molar-refractivity contribution >= 4 is 22.6 Å². The van der Waals surface area contributed by atoms with Gasteiger partial charge in [0.15, 0.2) is 0 Å². The highest BCUT2D eigenvalue weighted by Crippen LogP contribution is 2.31. The molecule has 0 saturated heterocycles. The molecule has 5 heteroatoms. The van der Waals surface area contributed by atoms with Gasteiger partial charge in [-0.1, -0.05) is 72.3 Å². The molecular weight excluding hydrogens is 360 g/mol. The van der Waals surface area contributed by atoms with Crippen LogP contribution in [0.3, 0.4) is 0 Å². The van der Waals surface area contributed by atoms with E-state index in [0.717, 1.165) is 22.2 Å². The van der Waals surface area contributed by atoms with Crippen molar-refractivity contribution < 1.29 is 9.84 Å². The molecule has 27 heavy (non-hydrogen) atoms. The lowest BCUT2D eigenvalue weighted by molar-refractivity contribution is 0.267. The molecule has 4 rings (SSSR count). The highest BCUT2D eigenvalue weighted by Gasteiger charge is 2.14. The fraction of sp³-hybridized carbons (Fsp3) is 0.136. The van der Waals surface area contributed by atoms with Crippen molar-refractivity contribution in [3.05, 3.63) is 94.8 Å². The Bertz CT molecular complexity index is 1050. The first-order valence-electron chi connectivity index (χ1n) is 8.75. The van der Waals surface area contributed by atoms with Crippen molar-refractivity contribution in [2.45, 2.75) is 19.8 Å². The number of benzene rings is 3. The second kappa shape index (κ2) is 7.82. The second-order valence-corrected chi connectivity index (χ2v) is 6.71. The fourth-order valence-electron chi connectivity index (χ4n) is 3.09. The Morgan fingerprint density at radius 1 is 0.926 bits per heavy atom. The summed E-state index contributed by atoms with van der Waals surface area (Å²) in [6, 6.07) is 23.7. The monoisotopic (exact) mass is 378 g/mol. The summed E-state index contributed by atoms with van der Waals surface area (Å²) in [5.41, 5.74) is 3.83. The number of halogens is 1. The van der Waals surface area contributed by atoms with Crippen molar-refractivity contribution in [1.29, 1.82) is 0 Å². The van der Waals surface area contributed by atoms with Gasteiger partial charge in [0.1, 0.15) is 24.8 Å². The van der Waals surface area contributed by atoms with Crippen LogP contribution in [0.15, 0.2) is 72.8 Å². The van der Waals surface area contributed by atoms with Gasteiger partial charge in [-0.2, -0.15) is 0 Å². The van der Waals surface area contributed by atoms with Gasteiger partial charge in [-0.05, 0) is 17.2 Å². The lowest BCUT2D eigenvalue weighted by atomic mass is 10.2. The van der Waals surface area contributed by atoms with Gasteiger partial charge in [0.25, 0.3) is 0 Å². The zero-order valence-electron chi connectivity index (χ0n) is 14.7. The molecule has 0 amide bonds. The van der Waals surface area contributed by atoms with Crippen LogP contribution in [0, 0.1) is 0 Å². The van der Waals surface area contributed by atoms with Crippen molar-refractivity contribution in [3.8, 4) is 5.75 Å². The van der Waals surface area contributed by atoms with E-state index in [9.17, 15) is 5.11 Å². The number of aliphatic hydroxyl groups is 1. The smallest absolute Gasteiger partial charge is 0.140 e. The average molecular weight is 379 g/mol. The van der Waals surface area contributed by atoms with E-state index in [1.165, 1.54) is 0 Å². The van der Waals surface area contributed by atoms with E-state index in [0.29, 0.717) is 29.7 Å². The van der Waals surface area contributed by atoms with E-state index in [2.05, 4.69) is 4.98 Å². The predicted octanol–water partition coefficient (Wildman–Crippen LogP) is 4.81. The Labute approximate surface area is 162 Å². The number of aromatic nitrogens is 2. The summed E-state index contributed by atoms with van der Waals surface area (Å²) in [6.45, 7) is 0.913. The highest BCUT2D eigenvalue weighted by molar-refractivity contribution is 6.32. The number of nitrogens with zero attached hydrogens (tertiary/aromatic N) is 2. The van der Waals surface area contributed by atoms with Gasteiger partial charge in [-0.15, -0.1) is 0 Å². The van der Waals surface area contributed by atoms with Crippen LogP contribution in [0.5, 0.6) is 5.75 Å². The molecule has 0 spiro atoms. The number of hydrogen-bond acceptors (Lipinski definition) is 3. The van der Waals surface area contributed by atoms with Crippen molar-refractivity contribution in [2.24, 2.45) is 0 Å². The van der Waals surface area contributed by atoms with Crippen LogP contribution < -0.4 is 4.74 Å². The van der Waals surface area contributed by atoms with Crippen LogP contribution in [-0.4, -0.2) is 14.7 Å². The maximum Gasteiger partial charge on any atom is 0.140 e. The van der Waals surface area contributed by atoms with E-state index < -0.39 is 0 Å². The summed E-state index contributed by atoms with van der Waals surface area (Å²) in [5.74, 6) is 1.19. The number of aliphatic hydroxyl groups excluding tert-OH is 1. The summed E-state index contributed by atoms with van der Waals surface area (Å²) in [6.07, 6.45) is 0. The third kappa shape index (κ3) is 3.82. The largest absolute Gasteiger partial charge is 0.487 e. The molecule has 0 radical (unpaired) electrons. The predicted molar refractivity (Wildman–Crippen MR) is 107 cm³/mol. The van der Waals surface area contributed by atoms with Gasteiger partial charge in [-0.25, -0.2) is 4.98 Å². The van der Waals surface area contributed by atoms with Crippen molar-refractivity contribution in [3.63, 3.8) is 0 Å². The normalized spacial score (nSPS) is 11.0. The number of imidazole rings is 1. The Balaban J connectivity index is 1.66. The first kappa shape index (κ1) is 17.6. The lowest BCUT2D eigenvalue weighted by Crippen LogP contribution is -2.05. The molecule has 1 heterocycles. The van der Waals surface area contributed by atoms with Gasteiger partial charge >= 0.3 is 0 Å². The lowest BCUT2D eigenvalue weighted by Gasteiger charge is -2.10. The van der Waals surface area contributed by atoms with Crippen LogP contribution in [0.1, 0.15) is 17.0 Å². The molecular formula is C22H19ClN2O2. The summed E-state index contributed by atoms with van der Waals surface area (Å²) < 4.78 is 7.87. The molecule has 0 saturated carbocycles. The van der Waals surface area contributed by atoms with Gasteiger partial charge in [0.2, 0.25) is 0 Å². The third-order valence-corrected chi connectivity index (χ3v) is 4.74. The number of fused-ring (bicyclic) bond motifs is 1. The first-order valence-corrected chi connectivity index (χ1v) is 9.12. The molecule has 0 aliphatic rings. The maximum atomic E-state index is 9.74. The molecule has 0 unspecified atom stereocenters. The zero-order valence-corrected chi connectivity index (χ0v) is 15.4. The second-order valence-electron chi connectivity index (χ2n) is 6.30. The molecule has 4 aromatic rings. The minimum Gasteiger partial charge on any atom is -0.487 e. The van der Waals surface area contributed by atoms with E-state index in [1.807, 2.05) is 77.4 Å². The molecule has 136 valence electrons. The SMILES string of the molecule is OCc1nc2cc(OCc3ccccc3)c(Cl)cc2n1Cc1ccccc1. The van der Waals surface area contributed by atoms with E-state index in [1.54, 1.807) is 0 Å². The molecule has 3 aromatic carbocycles. The molecule has 4 nitrogen and oxygen atoms in total. The van der Waals surface area contributed by atoms with Crippen molar-refractivity contribution in [1.82, 2.24) is 9.55 Å². The van der Waals surface area contributed by atoms with E-state index in [-0.39, 0.29) is 6.61 Å². The van der Waals surface area contributed by atoms with Crippen LogP contribution in [0.2, 0.25) is 5.02 Å². The Morgan fingerprint density at radius 3 is 2.26 bits per heavy atom. The minimum atomic E-state index is -0.140. The molecule has 0 bridgehead atoms. The zero-order chi connectivity index (χ0) is 18.6. The Hall–Kier alpha value is -2.82. The van der Waals surface area contributed by atoms with Crippen molar-refractivity contribution in [2.75, 3.05) is 0 Å². The van der Waals surface area contributed by atoms with E-state index in [4.69, 9.17) is 16.3 Å². The minimum absolute atomic E-state index is 0.140. The number of ether oxygens (including phenoxy) is 1. The van der Waals surface area contributed by atoms with Gasteiger partial charge in [-0.3, -0.25) is 0 Å². The molecule has 0 aliphatic heterocycles. The number of rotatable bonds is 6. The summed E-state index contributed by atoms with van der Waals surface area (Å²) in [7, 11) is 0. The summed E-state index contributed by atoms with van der Waals surface area (Å²) in [5, 5.41) is 10.3. The third-order valence-electron chi connectivity index (χ3n) is 4.44. The van der Waals surface area contributed by atoms with Gasteiger partial charge in [0, 0.05) is 12.6 Å². The van der Waals surface area contributed by atoms with Crippen LogP contribution in [0.25, 0.3) is 11.0 Å². The molecule has 0 atom stereocenters. The molecule has 0 fully saturated rings. The summed E-state index contributed by atoms with van der Waals surface area (Å²) in [4.78, 5) is 4.56. The Morgan fingerprint density at radius 2 is 1.59 bits per heavy atom. The van der Waals surface area contributed by atoms with Crippen LogP contribution >= 0.6 is 11.6 Å². The van der Waals surface area contributed by atoms with Gasteiger partial charge < -0.3 is 14.4 Å². The van der Waals surface area contributed by atoms with Gasteiger partial charge in [0.05, 0.1) is 16.1 Å². The van der Waals surface area contributed by atoms with Crippen LogP contribution in [0.4, 0.5) is 0 Å². The maximum absolute atomic E-state index is 9.74. The first-order chi connectivity index (χ1) is 13.2. The van der Waals surface area contributed by atoms with Crippen LogP contribution in [-0.2, 0) is 19.8 Å². The fourth-order valence-corrected chi connectivity index (χ4v) is 3.30. The summed E-state index contributed by atoms with van der Waals surface area (Å²) >= 11 is 6.47. The van der Waals surface area contributed by atoms with E-state index >= 15 is 0 Å². The topological polar surface area (TPSA) is 47.3 Å². The molecule has 1 aromatic heterocycles. The average Bonchev–Trinajstić information content (AvgIpc) is 3.04. The quantitative estimate of drug-likeness (QED) is 0.523. The molecule has 0 aliphatic carbocycles. The standard InChI is InChI=1S/C22H19ClN2O2/c23-18-11-20-19(12-21(18)27-15-17-9-5-2-6-10-17)24-22(14-26)25(20)13-16-7-3-1-4-8-16/h1-12,26H,13-15H2. The number of hydrogen-bond donors (Lipinski definition) is 1. The Kier molecular flexibility index (Phi) is 5.10. The highest BCUT2D eigenvalue weighted by atomic mass is 35.5.